The van der Waals surface area contributed by atoms with E-state index in [1.54, 1.807) is 25.9 Å². The first-order chi connectivity index (χ1) is 15.9. The Bertz CT molecular complexity index is 1240. The fourth-order valence-electron chi connectivity index (χ4n) is 5.28. The van der Waals surface area contributed by atoms with Gasteiger partial charge in [-0.15, -0.1) is 0 Å². The average Bonchev–Trinajstić information content (AvgIpc) is 3.26. The summed E-state index contributed by atoms with van der Waals surface area (Å²) in [7, 11) is -0.569. The topological polar surface area (TPSA) is 0 Å². The first-order valence-electron chi connectivity index (χ1n) is 11.8. The first kappa shape index (κ1) is 22.8. The van der Waals surface area contributed by atoms with Gasteiger partial charge in [0.05, 0.1) is 0 Å². The van der Waals surface area contributed by atoms with Crippen LogP contribution in [-0.2, 0) is 19.2 Å². The van der Waals surface area contributed by atoms with Crippen molar-refractivity contribution in [2.45, 2.75) is 38.8 Å². The number of benzene rings is 3. The van der Waals surface area contributed by atoms with Crippen LogP contribution >= 0.6 is 7.92 Å². The molecule has 0 radical (unpaired) electrons. The van der Waals surface area contributed by atoms with E-state index in [4.69, 9.17) is 0 Å². The van der Waals surface area contributed by atoms with Gasteiger partial charge in [-0.1, -0.05) is 0 Å². The van der Waals surface area contributed by atoms with Crippen LogP contribution in [0.1, 0.15) is 50.0 Å². The number of hydrogen-bond acceptors (Lipinski definition) is 0. The summed E-state index contributed by atoms with van der Waals surface area (Å²) in [4.78, 5) is 0. The van der Waals surface area contributed by atoms with Crippen LogP contribution in [0.25, 0.3) is 6.08 Å². The predicted octanol–water partition coefficient (Wildman–Crippen LogP) is 7.95. The second kappa shape index (κ2) is 9.00. The molecule has 0 nitrogen and oxygen atoms in total. The second-order valence-corrected chi connectivity index (χ2v) is 14.0. The summed E-state index contributed by atoms with van der Waals surface area (Å²) in [5, 5.41) is 4.55. The molecule has 0 saturated carbocycles. The van der Waals surface area contributed by atoms with Crippen LogP contribution in [0.4, 0.5) is 0 Å². The van der Waals surface area contributed by atoms with Crippen molar-refractivity contribution in [1.29, 1.82) is 0 Å². The summed E-state index contributed by atoms with van der Waals surface area (Å²) in [6.45, 7) is 11.9. The van der Waals surface area contributed by atoms with Gasteiger partial charge in [0.1, 0.15) is 0 Å². The molecule has 1 atom stereocenters. The Hall–Kier alpha value is -1.98. The molecule has 0 heterocycles. The Morgan fingerprint density at radius 1 is 0.697 bits per heavy atom. The molecule has 0 N–H and O–H groups in total. The van der Waals surface area contributed by atoms with Crippen molar-refractivity contribution in [3.63, 3.8) is 0 Å². The third-order valence-corrected chi connectivity index (χ3v) is 13.9. The van der Waals surface area contributed by atoms with Gasteiger partial charge in [-0.25, -0.2) is 0 Å². The van der Waals surface area contributed by atoms with Crippen LogP contribution < -0.4 is 10.6 Å². The average molecular weight is 482 g/mol. The van der Waals surface area contributed by atoms with Crippen LogP contribution in [0.3, 0.4) is 0 Å². The Morgan fingerprint density at radius 3 is 1.79 bits per heavy atom. The van der Waals surface area contributed by atoms with Gasteiger partial charge >= 0.3 is 210 Å². The second-order valence-electron chi connectivity index (χ2n) is 9.66. The van der Waals surface area contributed by atoms with E-state index in [9.17, 15) is 0 Å². The number of allylic oxidation sites excluding steroid dienone is 5. The molecule has 5 rings (SSSR count). The Balaban J connectivity index is 1.65. The zero-order chi connectivity index (χ0) is 23.2. The van der Waals surface area contributed by atoms with Crippen LogP contribution in [0, 0.1) is 5.41 Å². The van der Waals surface area contributed by atoms with E-state index in [1.807, 2.05) is 0 Å². The molecule has 2 heteroatoms. The summed E-state index contributed by atoms with van der Waals surface area (Å²) in [5.41, 5.74) is 7.79. The monoisotopic (exact) mass is 482 g/mol. The zero-order valence-corrected chi connectivity index (χ0v) is 22.6. The van der Waals surface area contributed by atoms with Crippen molar-refractivity contribution in [3.05, 3.63) is 122 Å². The van der Waals surface area contributed by atoms with Gasteiger partial charge in [0.2, 0.25) is 0 Å². The van der Waals surface area contributed by atoms with Crippen LogP contribution in [0.15, 0.2) is 111 Å². The molecule has 33 heavy (non-hydrogen) atoms. The van der Waals surface area contributed by atoms with Gasteiger partial charge in [-0.2, -0.15) is 0 Å². The molecule has 3 aromatic carbocycles. The van der Waals surface area contributed by atoms with Crippen molar-refractivity contribution in [1.82, 2.24) is 0 Å². The number of fused-ring (bicyclic) bond motifs is 1. The van der Waals surface area contributed by atoms with Crippen molar-refractivity contribution >= 4 is 24.6 Å². The first-order valence-corrected chi connectivity index (χ1v) is 14.8. The molecule has 2 aliphatic carbocycles. The van der Waals surface area contributed by atoms with Crippen molar-refractivity contribution in [2.24, 2.45) is 5.41 Å². The number of hydrogen-bond donors (Lipinski definition) is 0. The fourth-order valence-corrected chi connectivity index (χ4v) is 11.6. The standard InChI is InChI=1S/C21H16P.C10H15.Ti/c1-3-11-19(12-4-1)22(20-13-5-2-6-14-20)21-15-17-9-7-8-10-18(17)16-21;1-7-6-10(4,5)9(3)8(7)2;/h1-16H;1-5H3;. The van der Waals surface area contributed by atoms with Crippen molar-refractivity contribution < 1.29 is 19.2 Å². The predicted molar refractivity (Wildman–Crippen MR) is 141 cm³/mol. The van der Waals surface area contributed by atoms with Crippen molar-refractivity contribution in [2.75, 3.05) is 0 Å². The maximum atomic E-state index is 2.54. The van der Waals surface area contributed by atoms with Crippen molar-refractivity contribution in [3.8, 4) is 0 Å². The normalized spacial score (nSPS) is 19.2. The van der Waals surface area contributed by atoms with Gasteiger partial charge in [-0.05, 0) is 0 Å². The fraction of sp³-hybridized carbons (Fsp3) is 0.226. The number of rotatable bonds is 5. The third kappa shape index (κ3) is 3.97. The molecular formula is C31H31PTi. The molecule has 0 bridgehead atoms. The molecule has 0 amide bonds. The van der Waals surface area contributed by atoms with E-state index in [0.29, 0.717) is 4.22 Å². The maximum absolute atomic E-state index is 2.54. The molecule has 3 aromatic rings. The van der Waals surface area contributed by atoms with Gasteiger partial charge in [0.15, 0.2) is 0 Å². The molecule has 0 fully saturated rings. The Kier molecular flexibility index (Phi) is 6.21. The molecular weight excluding hydrogens is 451 g/mol. The third-order valence-electron chi connectivity index (χ3n) is 7.54. The van der Waals surface area contributed by atoms with Gasteiger partial charge in [-0.3, -0.25) is 0 Å². The summed E-state index contributed by atoms with van der Waals surface area (Å²) in [6.07, 6.45) is 2.54. The minimum atomic E-state index is -0.569. The molecule has 0 spiro atoms. The van der Waals surface area contributed by atoms with E-state index in [2.05, 4.69) is 126 Å². The van der Waals surface area contributed by atoms with E-state index in [0.717, 1.165) is 0 Å². The molecule has 2 aliphatic rings. The van der Waals surface area contributed by atoms with Crippen LogP contribution in [0.5, 0.6) is 0 Å². The summed E-state index contributed by atoms with van der Waals surface area (Å²) < 4.78 is 2.27. The van der Waals surface area contributed by atoms with E-state index >= 15 is 0 Å². The zero-order valence-electron chi connectivity index (χ0n) is 20.2. The summed E-state index contributed by atoms with van der Waals surface area (Å²) in [5.74, 6) is 0. The van der Waals surface area contributed by atoms with E-state index < -0.39 is 27.1 Å². The van der Waals surface area contributed by atoms with Gasteiger partial charge in [0, 0.05) is 0 Å². The quantitative estimate of drug-likeness (QED) is 0.256. The van der Waals surface area contributed by atoms with E-state index in [1.165, 1.54) is 21.7 Å². The van der Waals surface area contributed by atoms with Gasteiger partial charge in [0.25, 0.3) is 0 Å². The van der Waals surface area contributed by atoms with E-state index in [-0.39, 0.29) is 5.41 Å². The summed E-state index contributed by atoms with van der Waals surface area (Å²) in [6, 6.07) is 31.5. The molecule has 0 aliphatic heterocycles. The molecule has 0 aromatic heterocycles. The Labute approximate surface area is 209 Å². The SMILES string of the molecule is CC1=C(C)C(C)(C)[C]([Ti][CH]2C(P(c3ccccc3)c3ccccc3)=Cc3ccccc32)=C1C. The van der Waals surface area contributed by atoms with Crippen LogP contribution in [0.2, 0.25) is 0 Å². The van der Waals surface area contributed by atoms with Crippen LogP contribution in [-0.4, -0.2) is 0 Å². The molecule has 1 unspecified atom stereocenters. The minimum absolute atomic E-state index is 0.180. The summed E-state index contributed by atoms with van der Waals surface area (Å²) >= 11 is -0.407. The molecule has 164 valence electrons. The Morgan fingerprint density at radius 2 is 1.24 bits per heavy atom. The molecule has 0 saturated heterocycles. The van der Waals surface area contributed by atoms with Gasteiger partial charge < -0.3 is 0 Å².